The van der Waals surface area contributed by atoms with Gasteiger partial charge in [-0.1, -0.05) is 24.6 Å². The predicted molar refractivity (Wildman–Crippen MR) is 77.4 cm³/mol. The molecule has 0 aliphatic rings. The Balaban J connectivity index is 2.27. The molecule has 0 bridgehead atoms. The molecule has 1 atom stereocenters. The Morgan fingerprint density at radius 1 is 1.20 bits per heavy atom. The minimum Gasteiger partial charge on any atom is -0.393 e. The average Bonchev–Trinajstić information content (AvgIpc) is 2.45. The number of aliphatic hydroxyl groups is 1. The summed E-state index contributed by atoms with van der Waals surface area (Å²) in [5.41, 5.74) is 1.61. The zero-order chi connectivity index (χ0) is 15.0. The molecule has 0 radical (unpaired) electrons. The Morgan fingerprint density at radius 3 is 2.45 bits per heavy atom. The fourth-order valence-electron chi connectivity index (χ4n) is 1.61. The normalized spacial score (nSPS) is 11.8. The van der Waals surface area contributed by atoms with Crippen molar-refractivity contribution in [1.29, 1.82) is 0 Å². The van der Waals surface area contributed by atoms with E-state index in [1.54, 1.807) is 12.1 Å². The number of carbonyl (C=O) groups excluding carboxylic acids is 2. The molecule has 0 aliphatic carbocycles. The molecule has 0 spiro atoms. The van der Waals surface area contributed by atoms with Gasteiger partial charge in [-0.2, -0.15) is 0 Å². The molecule has 110 valence electrons. The number of hydrogen-bond donors (Lipinski definition) is 3. The van der Waals surface area contributed by atoms with Gasteiger partial charge in [0, 0.05) is 12.1 Å². The van der Waals surface area contributed by atoms with Gasteiger partial charge in [-0.15, -0.1) is 0 Å². The third kappa shape index (κ3) is 5.84. The SMILES string of the molecule is CCC(O)CCNC(=O)CNC(=O)c1ccc(C)cc1. The van der Waals surface area contributed by atoms with Crippen LogP contribution in [0.2, 0.25) is 0 Å². The lowest BCUT2D eigenvalue weighted by atomic mass is 10.1. The van der Waals surface area contributed by atoms with Gasteiger partial charge in [-0.05, 0) is 31.9 Å². The summed E-state index contributed by atoms with van der Waals surface area (Å²) >= 11 is 0. The van der Waals surface area contributed by atoms with Crippen molar-refractivity contribution in [3.05, 3.63) is 35.4 Å². The smallest absolute Gasteiger partial charge is 0.251 e. The molecular weight excluding hydrogens is 256 g/mol. The summed E-state index contributed by atoms with van der Waals surface area (Å²) in [7, 11) is 0. The molecule has 5 nitrogen and oxygen atoms in total. The van der Waals surface area contributed by atoms with Crippen LogP contribution in [0.25, 0.3) is 0 Å². The van der Waals surface area contributed by atoms with E-state index >= 15 is 0 Å². The molecule has 0 fully saturated rings. The Hall–Kier alpha value is -1.88. The Labute approximate surface area is 119 Å². The molecule has 20 heavy (non-hydrogen) atoms. The summed E-state index contributed by atoms with van der Waals surface area (Å²) < 4.78 is 0. The number of benzene rings is 1. The molecule has 0 aliphatic heterocycles. The van der Waals surface area contributed by atoms with E-state index in [0.29, 0.717) is 24.9 Å². The summed E-state index contributed by atoms with van der Waals surface area (Å²) in [4.78, 5) is 23.3. The summed E-state index contributed by atoms with van der Waals surface area (Å²) in [6.07, 6.45) is 0.797. The molecule has 0 heterocycles. The van der Waals surface area contributed by atoms with Gasteiger partial charge in [-0.3, -0.25) is 9.59 Å². The number of nitrogens with one attached hydrogen (secondary N) is 2. The largest absolute Gasteiger partial charge is 0.393 e. The van der Waals surface area contributed by atoms with E-state index < -0.39 is 6.10 Å². The Morgan fingerprint density at radius 2 is 1.85 bits per heavy atom. The van der Waals surface area contributed by atoms with Crippen molar-refractivity contribution in [1.82, 2.24) is 10.6 Å². The first-order valence-corrected chi connectivity index (χ1v) is 6.82. The summed E-state index contributed by atoms with van der Waals surface area (Å²) in [5.74, 6) is -0.525. The van der Waals surface area contributed by atoms with Gasteiger partial charge < -0.3 is 15.7 Å². The minimum atomic E-state index is -0.391. The van der Waals surface area contributed by atoms with Crippen molar-refractivity contribution in [3.8, 4) is 0 Å². The summed E-state index contributed by atoms with van der Waals surface area (Å²) in [6.45, 7) is 4.18. The molecule has 1 aromatic rings. The maximum absolute atomic E-state index is 11.8. The zero-order valence-corrected chi connectivity index (χ0v) is 12.0. The molecule has 3 N–H and O–H groups in total. The van der Waals surface area contributed by atoms with Crippen LogP contribution in [0.15, 0.2) is 24.3 Å². The number of aliphatic hydroxyl groups excluding tert-OH is 1. The predicted octanol–water partition coefficient (Wildman–Crippen LogP) is 1.00. The molecule has 1 unspecified atom stereocenters. The first-order chi connectivity index (χ1) is 9.52. The van der Waals surface area contributed by atoms with Gasteiger partial charge in [0.1, 0.15) is 0 Å². The number of rotatable bonds is 7. The lowest BCUT2D eigenvalue weighted by molar-refractivity contribution is -0.120. The van der Waals surface area contributed by atoms with Crippen LogP contribution in [0, 0.1) is 6.92 Å². The highest BCUT2D eigenvalue weighted by Crippen LogP contribution is 2.02. The van der Waals surface area contributed by atoms with Crippen molar-refractivity contribution in [2.45, 2.75) is 32.8 Å². The van der Waals surface area contributed by atoms with Crippen LogP contribution in [0.1, 0.15) is 35.7 Å². The first kappa shape index (κ1) is 16.2. The van der Waals surface area contributed by atoms with Gasteiger partial charge in [-0.25, -0.2) is 0 Å². The van der Waals surface area contributed by atoms with Crippen molar-refractivity contribution in [2.75, 3.05) is 13.1 Å². The monoisotopic (exact) mass is 278 g/mol. The fourth-order valence-corrected chi connectivity index (χ4v) is 1.61. The first-order valence-electron chi connectivity index (χ1n) is 6.82. The standard InChI is InChI=1S/C15H22N2O3/c1-3-13(18)8-9-16-14(19)10-17-15(20)12-6-4-11(2)5-7-12/h4-7,13,18H,3,8-10H2,1-2H3,(H,16,19)(H,17,20). The lowest BCUT2D eigenvalue weighted by Crippen LogP contribution is -2.37. The van der Waals surface area contributed by atoms with Gasteiger partial charge in [0.05, 0.1) is 12.6 Å². The molecule has 2 amide bonds. The zero-order valence-electron chi connectivity index (χ0n) is 12.0. The van der Waals surface area contributed by atoms with Crippen LogP contribution in [0.4, 0.5) is 0 Å². The second-order valence-electron chi connectivity index (χ2n) is 4.75. The molecule has 1 rings (SSSR count). The number of carbonyl (C=O) groups is 2. The average molecular weight is 278 g/mol. The van der Waals surface area contributed by atoms with E-state index in [9.17, 15) is 14.7 Å². The number of amides is 2. The second-order valence-corrected chi connectivity index (χ2v) is 4.75. The molecule has 5 heteroatoms. The maximum atomic E-state index is 11.8. The summed E-state index contributed by atoms with van der Waals surface area (Å²) in [6, 6.07) is 7.14. The molecular formula is C15H22N2O3. The molecule has 0 saturated heterocycles. The number of hydrogen-bond acceptors (Lipinski definition) is 3. The van der Waals surface area contributed by atoms with Crippen molar-refractivity contribution < 1.29 is 14.7 Å². The lowest BCUT2D eigenvalue weighted by Gasteiger charge is -2.09. The highest BCUT2D eigenvalue weighted by molar-refractivity contribution is 5.96. The highest BCUT2D eigenvalue weighted by Gasteiger charge is 2.08. The maximum Gasteiger partial charge on any atom is 0.251 e. The van der Waals surface area contributed by atoms with Crippen LogP contribution in [0.3, 0.4) is 0 Å². The van der Waals surface area contributed by atoms with Gasteiger partial charge in [0.15, 0.2) is 0 Å². The summed E-state index contributed by atoms with van der Waals surface area (Å²) in [5, 5.41) is 14.5. The van der Waals surface area contributed by atoms with Crippen molar-refractivity contribution in [3.63, 3.8) is 0 Å². The quantitative estimate of drug-likeness (QED) is 0.696. The van der Waals surface area contributed by atoms with Crippen LogP contribution in [-0.2, 0) is 4.79 Å². The van der Waals surface area contributed by atoms with Crippen LogP contribution in [-0.4, -0.2) is 36.1 Å². The van der Waals surface area contributed by atoms with Crippen LogP contribution >= 0.6 is 0 Å². The van der Waals surface area contributed by atoms with Gasteiger partial charge in [0.25, 0.3) is 5.91 Å². The van der Waals surface area contributed by atoms with E-state index in [4.69, 9.17) is 0 Å². The third-order valence-corrected chi connectivity index (χ3v) is 2.99. The van der Waals surface area contributed by atoms with Crippen molar-refractivity contribution in [2.24, 2.45) is 0 Å². The Bertz CT molecular complexity index is 443. The topological polar surface area (TPSA) is 78.4 Å². The van der Waals surface area contributed by atoms with Gasteiger partial charge >= 0.3 is 0 Å². The van der Waals surface area contributed by atoms with E-state index in [1.165, 1.54) is 0 Å². The molecule has 1 aromatic carbocycles. The van der Waals surface area contributed by atoms with E-state index in [-0.39, 0.29) is 18.4 Å². The second kappa shape index (κ2) is 8.32. The fraction of sp³-hybridized carbons (Fsp3) is 0.467. The third-order valence-electron chi connectivity index (χ3n) is 2.99. The number of aryl methyl sites for hydroxylation is 1. The van der Waals surface area contributed by atoms with E-state index in [0.717, 1.165) is 5.56 Å². The minimum absolute atomic E-state index is 0.0606. The van der Waals surface area contributed by atoms with Crippen LogP contribution < -0.4 is 10.6 Å². The van der Waals surface area contributed by atoms with E-state index in [2.05, 4.69) is 10.6 Å². The van der Waals surface area contributed by atoms with Crippen LogP contribution in [0.5, 0.6) is 0 Å². The van der Waals surface area contributed by atoms with E-state index in [1.807, 2.05) is 26.0 Å². The van der Waals surface area contributed by atoms with Crippen molar-refractivity contribution >= 4 is 11.8 Å². The Kier molecular flexibility index (Phi) is 6.73. The molecule has 0 saturated carbocycles. The molecule has 0 aromatic heterocycles. The highest BCUT2D eigenvalue weighted by atomic mass is 16.3. The van der Waals surface area contributed by atoms with Gasteiger partial charge in [0.2, 0.25) is 5.91 Å².